The molecule has 0 saturated carbocycles. The van der Waals surface area contributed by atoms with Gasteiger partial charge in [0, 0.05) is 13.1 Å². The third-order valence-electron chi connectivity index (χ3n) is 3.11. The minimum atomic E-state index is -0.229. The van der Waals surface area contributed by atoms with E-state index < -0.39 is 0 Å². The van der Waals surface area contributed by atoms with Crippen molar-refractivity contribution in [1.82, 2.24) is 5.32 Å². The van der Waals surface area contributed by atoms with E-state index in [0.29, 0.717) is 17.7 Å². The van der Waals surface area contributed by atoms with Crippen molar-refractivity contribution in [2.45, 2.75) is 12.5 Å². The molecule has 0 bridgehead atoms. The van der Waals surface area contributed by atoms with Crippen molar-refractivity contribution in [2.75, 3.05) is 12.4 Å². The molecule has 0 aliphatic heterocycles. The largest absolute Gasteiger partial charge is 0.355 e. The second kappa shape index (κ2) is 5.67. The normalized spacial score (nSPS) is 21.2. The van der Waals surface area contributed by atoms with Crippen LogP contribution in [0.25, 0.3) is 0 Å². The second-order valence-electron chi connectivity index (χ2n) is 4.50. The lowest BCUT2D eigenvalue weighted by Crippen LogP contribution is -2.26. The molecular formula is C14H17N3O2. The van der Waals surface area contributed by atoms with Gasteiger partial charge in [0.25, 0.3) is 5.91 Å². The lowest BCUT2D eigenvalue weighted by Gasteiger charge is -2.13. The van der Waals surface area contributed by atoms with Gasteiger partial charge in [-0.1, -0.05) is 24.3 Å². The van der Waals surface area contributed by atoms with Gasteiger partial charge in [-0.05, 0) is 18.6 Å². The number of nitrogens with one attached hydrogen (secondary N) is 2. The molecule has 5 nitrogen and oxygen atoms in total. The highest BCUT2D eigenvalue weighted by atomic mass is 16.2. The van der Waals surface area contributed by atoms with Crippen molar-refractivity contribution < 1.29 is 9.59 Å². The van der Waals surface area contributed by atoms with Crippen LogP contribution in [0.3, 0.4) is 0 Å². The molecule has 1 aromatic carbocycles. The summed E-state index contributed by atoms with van der Waals surface area (Å²) in [7, 11) is 1.56. The highest BCUT2D eigenvalue weighted by Crippen LogP contribution is 2.21. The fourth-order valence-electron chi connectivity index (χ4n) is 2.07. The summed E-state index contributed by atoms with van der Waals surface area (Å²) in [6, 6.07) is 6.85. The maximum Gasteiger partial charge on any atom is 0.253 e. The molecule has 2 rings (SSSR count). The van der Waals surface area contributed by atoms with Crippen LogP contribution in [0, 0.1) is 5.92 Å². The van der Waals surface area contributed by atoms with Gasteiger partial charge in [-0.25, -0.2) is 0 Å². The minimum Gasteiger partial charge on any atom is -0.355 e. The molecule has 0 radical (unpaired) electrons. The first-order chi connectivity index (χ1) is 9.11. The smallest absolute Gasteiger partial charge is 0.253 e. The monoisotopic (exact) mass is 259 g/mol. The second-order valence-corrected chi connectivity index (χ2v) is 4.50. The molecule has 1 aromatic rings. The van der Waals surface area contributed by atoms with E-state index >= 15 is 0 Å². The summed E-state index contributed by atoms with van der Waals surface area (Å²) in [5.74, 6) is -0.595. The number of anilines is 1. The van der Waals surface area contributed by atoms with Crippen LogP contribution >= 0.6 is 0 Å². The van der Waals surface area contributed by atoms with Crippen LogP contribution in [0.4, 0.5) is 5.69 Å². The topological polar surface area (TPSA) is 84.2 Å². The molecule has 5 heteroatoms. The van der Waals surface area contributed by atoms with E-state index in [4.69, 9.17) is 5.73 Å². The molecule has 2 amide bonds. The first kappa shape index (κ1) is 13.3. The van der Waals surface area contributed by atoms with Crippen LogP contribution in [-0.4, -0.2) is 24.9 Å². The van der Waals surface area contributed by atoms with Crippen molar-refractivity contribution in [3.05, 3.63) is 42.0 Å². The average Bonchev–Trinajstić information content (AvgIpc) is 2.85. The maximum absolute atomic E-state index is 12.1. The Morgan fingerprint density at radius 1 is 1.26 bits per heavy atom. The van der Waals surface area contributed by atoms with Crippen LogP contribution in [0.5, 0.6) is 0 Å². The zero-order valence-electron chi connectivity index (χ0n) is 10.7. The molecule has 19 heavy (non-hydrogen) atoms. The van der Waals surface area contributed by atoms with Crippen LogP contribution in [0.1, 0.15) is 16.8 Å². The molecule has 0 fully saturated rings. The highest BCUT2D eigenvalue weighted by molar-refractivity contribution is 6.04. The summed E-state index contributed by atoms with van der Waals surface area (Å²) in [5.41, 5.74) is 6.69. The number of hydrogen-bond donors (Lipinski definition) is 3. The quantitative estimate of drug-likeness (QED) is 0.705. The molecule has 2 unspecified atom stereocenters. The van der Waals surface area contributed by atoms with E-state index in [0.717, 1.165) is 0 Å². The molecule has 0 spiro atoms. The van der Waals surface area contributed by atoms with Gasteiger partial charge in [-0.15, -0.1) is 0 Å². The average molecular weight is 259 g/mol. The van der Waals surface area contributed by atoms with Gasteiger partial charge in [-0.3, -0.25) is 9.59 Å². The van der Waals surface area contributed by atoms with Gasteiger partial charge in [0.15, 0.2) is 0 Å². The SMILES string of the molecule is CNC(=O)c1ccccc1NC(=O)C1C=CC(N)C1. The number of hydrogen-bond acceptors (Lipinski definition) is 3. The van der Waals surface area contributed by atoms with Gasteiger partial charge in [0.1, 0.15) is 0 Å². The van der Waals surface area contributed by atoms with Crippen LogP contribution in [0.15, 0.2) is 36.4 Å². The maximum atomic E-state index is 12.1. The van der Waals surface area contributed by atoms with Gasteiger partial charge in [0.05, 0.1) is 17.2 Å². The third kappa shape index (κ3) is 3.00. The number of amides is 2. The number of carbonyl (C=O) groups excluding carboxylic acids is 2. The molecule has 100 valence electrons. The first-order valence-corrected chi connectivity index (χ1v) is 6.17. The summed E-state index contributed by atoms with van der Waals surface area (Å²) in [6.07, 6.45) is 4.24. The Bertz CT molecular complexity index is 525. The molecule has 4 N–H and O–H groups in total. The van der Waals surface area contributed by atoms with Gasteiger partial charge >= 0.3 is 0 Å². The van der Waals surface area contributed by atoms with E-state index in [1.165, 1.54) is 0 Å². The molecule has 1 aliphatic rings. The highest BCUT2D eigenvalue weighted by Gasteiger charge is 2.23. The minimum absolute atomic E-state index is 0.0649. The number of benzene rings is 1. The lowest BCUT2D eigenvalue weighted by molar-refractivity contribution is -0.118. The molecule has 2 atom stereocenters. The summed E-state index contributed by atoms with van der Waals surface area (Å²) in [6.45, 7) is 0. The molecule has 0 aromatic heterocycles. The Balaban J connectivity index is 2.13. The van der Waals surface area contributed by atoms with Crippen molar-refractivity contribution in [2.24, 2.45) is 11.7 Å². The van der Waals surface area contributed by atoms with Crippen molar-refractivity contribution in [3.8, 4) is 0 Å². The zero-order valence-corrected chi connectivity index (χ0v) is 10.7. The van der Waals surface area contributed by atoms with Crippen molar-refractivity contribution >= 4 is 17.5 Å². The Morgan fingerprint density at radius 2 is 2.00 bits per heavy atom. The number of nitrogens with two attached hydrogens (primary N) is 1. The van der Waals surface area contributed by atoms with E-state index in [2.05, 4.69) is 10.6 Å². The zero-order chi connectivity index (χ0) is 13.8. The van der Waals surface area contributed by atoms with Crippen molar-refractivity contribution in [3.63, 3.8) is 0 Å². The lowest BCUT2D eigenvalue weighted by atomic mass is 10.1. The third-order valence-corrected chi connectivity index (χ3v) is 3.11. The summed E-state index contributed by atoms with van der Waals surface area (Å²) in [4.78, 5) is 23.8. The van der Waals surface area contributed by atoms with Crippen molar-refractivity contribution in [1.29, 1.82) is 0 Å². The van der Waals surface area contributed by atoms with E-state index in [1.807, 2.05) is 12.2 Å². The van der Waals surface area contributed by atoms with E-state index in [-0.39, 0.29) is 23.8 Å². The number of rotatable bonds is 3. The number of para-hydroxylation sites is 1. The van der Waals surface area contributed by atoms with Crippen LogP contribution < -0.4 is 16.4 Å². The summed E-state index contributed by atoms with van der Waals surface area (Å²) in [5, 5.41) is 5.33. The molecule has 0 heterocycles. The Hall–Kier alpha value is -2.14. The molecule has 1 aliphatic carbocycles. The Kier molecular flexibility index (Phi) is 3.97. The van der Waals surface area contributed by atoms with E-state index in [9.17, 15) is 9.59 Å². The van der Waals surface area contributed by atoms with Crippen LogP contribution in [-0.2, 0) is 4.79 Å². The Labute approximate surface area is 111 Å². The fourth-order valence-corrected chi connectivity index (χ4v) is 2.07. The number of carbonyl (C=O) groups is 2. The summed E-state index contributed by atoms with van der Waals surface area (Å²) >= 11 is 0. The van der Waals surface area contributed by atoms with Crippen LogP contribution in [0.2, 0.25) is 0 Å². The predicted octanol–water partition coefficient (Wildman–Crippen LogP) is 0.888. The molecule has 0 saturated heterocycles. The first-order valence-electron chi connectivity index (χ1n) is 6.17. The van der Waals surface area contributed by atoms with Gasteiger partial charge in [-0.2, -0.15) is 0 Å². The fraction of sp³-hybridized carbons (Fsp3) is 0.286. The van der Waals surface area contributed by atoms with Gasteiger partial charge < -0.3 is 16.4 Å². The van der Waals surface area contributed by atoms with E-state index in [1.54, 1.807) is 31.3 Å². The summed E-state index contributed by atoms with van der Waals surface area (Å²) < 4.78 is 0. The Morgan fingerprint density at radius 3 is 2.63 bits per heavy atom. The standard InChI is InChI=1S/C14H17N3O2/c1-16-14(19)11-4-2-3-5-12(11)17-13(18)9-6-7-10(15)8-9/h2-7,9-10H,8,15H2,1H3,(H,16,19)(H,17,18). The van der Waals surface area contributed by atoms with Gasteiger partial charge in [0.2, 0.25) is 5.91 Å². The predicted molar refractivity (Wildman–Crippen MR) is 73.7 cm³/mol. The molecular weight excluding hydrogens is 242 g/mol.